The van der Waals surface area contributed by atoms with Gasteiger partial charge in [-0.05, 0) is 43.7 Å². The predicted molar refractivity (Wildman–Crippen MR) is 97.0 cm³/mol. The average Bonchev–Trinajstić information content (AvgIpc) is 3.23. The maximum absolute atomic E-state index is 12.9. The fraction of sp³-hybridized carbons (Fsp3) is 0.500. The van der Waals surface area contributed by atoms with Crippen LogP contribution >= 0.6 is 0 Å². The number of hydrogen-bond acceptors (Lipinski definition) is 2. The number of carbonyl (C=O) groups excluding carboxylic acids is 1. The van der Waals surface area contributed by atoms with Crippen LogP contribution < -0.4 is 5.32 Å². The zero-order valence-electron chi connectivity index (χ0n) is 15.3. The molecule has 1 saturated carbocycles. The van der Waals surface area contributed by atoms with Gasteiger partial charge in [0.05, 0.1) is 22.6 Å². The first-order chi connectivity index (χ1) is 11.4. The molecule has 4 heteroatoms. The van der Waals surface area contributed by atoms with Crippen LogP contribution in [0.25, 0.3) is 5.69 Å². The lowest BCUT2D eigenvalue weighted by Gasteiger charge is -2.13. The van der Waals surface area contributed by atoms with E-state index < -0.39 is 0 Å². The lowest BCUT2D eigenvalue weighted by atomic mass is 9.98. The Kier molecular flexibility index (Phi) is 4.48. The molecule has 1 aromatic heterocycles. The summed E-state index contributed by atoms with van der Waals surface area (Å²) in [5.41, 5.74) is 4.88. The van der Waals surface area contributed by atoms with Crippen molar-refractivity contribution < 1.29 is 4.79 Å². The normalized spacial score (nSPS) is 14.5. The van der Waals surface area contributed by atoms with Crippen LogP contribution in [0.1, 0.15) is 79.7 Å². The van der Waals surface area contributed by atoms with Crippen molar-refractivity contribution in [2.75, 3.05) is 0 Å². The van der Waals surface area contributed by atoms with Gasteiger partial charge in [0.25, 0.3) is 5.91 Å². The van der Waals surface area contributed by atoms with Crippen molar-refractivity contribution in [3.05, 3.63) is 46.8 Å². The van der Waals surface area contributed by atoms with Gasteiger partial charge >= 0.3 is 0 Å². The van der Waals surface area contributed by atoms with E-state index in [1.165, 1.54) is 5.56 Å². The van der Waals surface area contributed by atoms with Crippen molar-refractivity contribution in [1.29, 1.82) is 0 Å². The summed E-state index contributed by atoms with van der Waals surface area (Å²) in [7, 11) is 0. The van der Waals surface area contributed by atoms with Crippen molar-refractivity contribution in [2.45, 2.75) is 65.3 Å². The Bertz CT molecular complexity index is 737. The molecule has 0 atom stereocenters. The van der Waals surface area contributed by atoms with Gasteiger partial charge in [-0.3, -0.25) is 4.79 Å². The highest BCUT2D eigenvalue weighted by Gasteiger charge is 2.31. The van der Waals surface area contributed by atoms with E-state index in [4.69, 9.17) is 5.10 Å². The fourth-order valence-electron chi connectivity index (χ4n) is 2.99. The molecule has 1 heterocycles. The van der Waals surface area contributed by atoms with E-state index in [0.717, 1.165) is 35.5 Å². The van der Waals surface area contributed by atoms with E-state index in [2.05, 4.69) is 64.2 Å². The van der Waals surface area contributed by atoms with Crippen LogP contribution in [0.5, 0.6) is 0 Å². The van der Waals surface area contributed by atoms with Crippen LogP contribution in [0, 0.1) is 6.92 Å². The Labute approximate surface area is 144 Å². The van der Waals surface area contributed by atoms with E-state index in [9.17, 15) is 4.79 Å². The van der Waals surface area contributed by atoms with E-state index in [1.54, 1.807) is 0 Å². The van der Waals surface area contributed by atoms with Crippen LogP contribution in [-0.4, -0.2) is 21.7 Å². The SMILES string of the molecule is Cc1ccc(-n2nc(C(C)C)c(C(=O)NC3CC3)c2C(C)C)cc1. The van der Waals surface area contributed by atoms with Crippen molar-refractivity contribution >= 4 is 5.91 Å². The maximum atomic E-state index is 12.9. The van der Waals surface area contributed by atoms with Gasteiger partial charge in [-0.2, -0.15) is 5.10 Å². The first-order valence-corrected chi connectivity index (χ1v) is 8.89. The van der Waals surface area contributed by atoms with Gasteiger partial charge in [-0.25, -0.2) is 4.68 Å². The molecule has 0 bridgehead atoms. The molecule has 0 saturated heterocycles. The highest BCUT2D eigenvalue weighted by molar-refractivity contribution is 5.97. The van der Waals surface area contributed by atoms with Gasteiger partial charge in [-0.15, -0.1) is 0 Å². The zero-order chi connectivity index (χ0) is 17.4. The van der Waals surface area contributed by atoms with Crippen molar-refractivity contribution in [3.8, 4) is 5.69 Å². The molecule has 1 aliphatic carbocycles. The number of rotatable bonds is 5. The highest BCUT2D eigenvalue weighted by Crippen LogP contribution is 2.31. The third-order valence-corrected chi connectivity index (χ3v) is 4.46. The summed E-state index contributed by atoms with van der Waals surface area (Å²) in [6.45, 7) is 10.5. The molecule has 0 radical (unpaired) electrons. The van der Waals surface area contributed by atoms with Crippen LogP contribution in [0.2, 0.25) is 0 Å². The van der Waals surface area contributed by atoms with Gasteiger partial charge in [-0.1, -0.05) is 45.4 Å². The molecule has 1 aliphatic rings. The molecular weight excluding hydrogens is 298 g/mol. The van der Waals surface area contributed by atoms with Gasteiger partial charge in [0, 0.05) is 6.04 Å². The lowest BCUT2D eigenvalue weighted by molar-refractivity contribution is 0.0948. The molecule has 4 nitrogen and oxygen atoms in total. The first kappa shape index (κ1) is 16.7. The number of amides is 1. The molecule has 2 aromatic rings. The second-order valence-corrected chi connectivity index (χ2v) is 7.45. The maximum Gasteiger partial charge on any atom is 0.255 e. The summed E-state index contributed by atoms with van der Waals surface area (Å²) < 4.78 is 1.96. The van der Waals surface area contributed by atoms with Crippen LogP contribution in [0.4, 0.5) is 0 Å². The Morgan fingerprint density at radius 2 is 1.75 bits per heavy atom. The molecule has 1 amide bonds. The molecule has 0 aliphatic heterocycles. The second-order valence-electron chi connectivity index (χ2n) is 7.45. The van der Waals surface area contributed by atoms with Gasteiger partial charge in [0.1, 0.15) is 0 Å². The minimum Gasteiger partial charge on any atom is -0.349 e. The molecule has 128 valence electrons. The number of aryl methyl sites for hydroxylation is 1. The van der Waals surface area contributed by atoms with Gasteiger partial charge in [0.15, 0.2) is 0 Å². The lowest BCUT2D eigenvalue weighted by Crippen LogP contribution is -2.27. The summed E-state index contributed by atoms with van der Waals surface area (Å²) in [6, 6.07) is 8.66. The number of aromatic nitrogens is 2. The largest absolute Gasteiger partial charge is 0.349 e. The molecule has 1 N–H and O–H groups in total. The molecular formula is C20H27N3O. The average molecular weight is 325 g/mol. The van der Waals surface area contributed by atoms with E-state index >= 15 is 0 Å². The van der Waals surface area contributed by atoms with Gasteiger partial charge in [0.2, 0.25) is 0 Å². The highest BCUT2D eigenvalue weighted by atomic mass is 16.1. The fourth-order valence-corrected chi connectivity index (χ4v) is 2.99. The van der Waals surface area contributed by atoms with Crippen molar-refractivity contribution in [2.24, 2.45) is 0 Å². The Morgan fingerprint density at radius 3 is 2.25 bits per heavy atom. The zero-order valence-corrected chi connectivity index (χ0v) is 15.3. The number of benzene rings is 1. The second kappa shape index (κ2) is 6.42. The van der Waals surface area contributed by atoms with Crippen LogP contribution in [0.15, 0.2) is 24.3 Å². The summed E-state index contributed by atoms with van der Waals surface area (Å²) in [6.07, 6.45) is 2.18. The molecule has 3 rings (SSSR count). The molecule has 1 fully saturated rings. The van der Waals surface area contributed by atoms with Crippen molar-refractivity contribution in [1.82, 2.24) is 15.1 Å². The quantitative estimate of drug-likeness (QED) is 0.890. The van der Waals surface area contributed by atoms with Gasteiger partial charge < -0.3 is 5.32 Å². The van der Waals surface area contributed by atoms with Crippen molar-refractivity contribution in [3.63, 3.8) is 0 Å². The number of carbonyl (C=O) groups is 1. The Hall–Kier alpha value is -2.10. The summed E-state index contributed by atoms with van der Waals surface area (Å²) in [4.78, 5) is 12.9. The van der Waals surface area contributed by atoms with E-state index in [-0.39, 0.29) is 17.7 Å². The third-order valence-electron chi connectivity index (χ3n) is 4.46. The topological polar surface area (TPSA) is 46.9 Å². The summed E-state index contributed by atoms with van der Waals surface area (Å²) in [5.74, 6) is 0.448. The van der Waals surface area contributed by atoms with Crippen LogP contribution in [-0.2, 0) is 0 Å². The summed E-state index contributed by atoms with van der Waals surface area (Å²) in [5, 5.41) is 7.98. The number of nitrogens with zero attached hydrogens (tertiary/aromatic N) is 2. The number of nitrogens with one attached hydrogen (secondary N) is 1. The monoisotopic (exact) mass is 325 g/mol. The Morgan fingerprint density at radius 1 is 1.12 bits per heavy atom. The van der Waals surface area contributed by atoms with Crippen LogP contribution in [0.3, 0.4) is 0 Å². The van der Waals surface area contributed by atoms with E-state index in [0.29, 0.717) is 6.04 Å². The summed E-state index contributed by atoms with van der Waals surface area (Å²) >= 11 is 0. The minimum atomic E-state index is 0.0308. The minimum absolute atomic E-state index is 0.0308. The smallest absolute Gasteiger partial charge is 0.255 e. The molecule has 24 heavy (non-hydrogen) atoms. The first-order valence-electron chi connectivity index (χ1n) is 8.89. The Balaban J connectivity index is 2.14. The number of hydrogen-bond donors (Lipinski definition) is 1. The standard InChI is InChI=1S/C20H27N3O/c1-12(2)18-17(20(24)21-15-8-9-15)19(13(3)4)23(22-18)16-10-6-14(5)7-11-16/h6-7,10-13,15H,8-9H2,1-5H3,(H,21,24). The molecule has 0 spiro atoms. The molecule has 1 aromatic carbocycles. The predicted octanol–water partition coefficient (Wildman–Crippen LogP) is 4.32. The third kappa shape index (κ3) is 3.23. The molecule has 0 unspecified atom stereocenters. The van der Waals surface area contributed by atoms with E-state index in [1.807, 2.05) is 4.68 Å².